The molecule has 3 aliphatic heterocycles. The Labute approximate surface area is 150 Å². The first-order valence-electron chi connectivity index (χ1n) is 8.94. The molecule has 0 aromatic heterocycles. The molecule has 9 nitrogen and oxygen atoms in total. The van der Waals surface area contributed by atoms with Crippen LogP contribution in [0.3, 0.4) is 0 Å². The van der Waals surface area contributed by atoms with Crippen molar-refractivity contribution in [2.45, 2.75) is 69.0 Å². The number of rotatable bonds is 8. The summed E-state index contributed by atoms with van der Waals surface area (Å²) in [6, 6.07) is 0. The number of aliphatic hydroxyl groups is 1. The third-order valence-corrected chi connectivity index (χ3v) is 5.25. The monoisotopic (exact) mass is 372 g/mol. The van der Waals surface area contributed by atoms with E-state index in [1.54, 1.807) is 0 Å². The Kier molecular flexibility index (Phi) is 5.23. The maximum Gasteiger partial charge on any atom is 0.317 e. The van der Waals surface area contributed by atoms with Crippen molar-refractivity contribution in [3.8, 4) is 0 Å². The molecule has 1 spiro atoms. The van der Waals surface area contributed by atoms with Gasteiger partial charge in [-0.3, -0.25) is 14.4 Å². The van der Waals surface area contributed by atoms with Crippen LogP contribution >= 0.6 is 0 Å². The van der Waals surface area contributed by atoms with Gasteiger partial charge in [-0.15, -0.1) is 0 Å². The number of carboxylic acids is 1. The molecule has 3 rings (SSSR count). The fourth-order valence-corrected chi connectivity index (χ4v) is 4.04. The first kappa shape index (κ1) is 19.1. The molecule has 3 saturated heterocycles. The minimum atomic E-state index is -1.72. The van der Waals surface area contributed by atoms with Crippen LogP contribution in [-0.4, -0.2) is 64.9 Å². The molecule has 0 aromatic rings. The number of ether oxygens (including phenoxy) is 4. The van der Waals surface area contributed by atoms with Crippen molar-refractivity contribution in [3.63, 3.8) is 0 Å². The third kappa shape index (κ3) is 3.19. The molecule has 3 aliphatic rings. The van der Waals surface area contributed by atoms with Crippen molar-refractivity contribution in [2.24, 2.45) is 5.92 Å². The van der Waals surface area contributed by atoms with E-state index in [4.69, 9.17) is 24.1 Å². The van der Waals surface area contributed by atoms with Gasteiger partial charge >= 0.3 is 17.9 Å². The maximum atomic E-state index is 12.2. The van der Waals surface area contributed by atoms with Crippen LogP contribution in [0.5, 0.6) is 0 Å². The second kappa shape index (κ2) is 7.13. The molecule has 0 unspecified atom stereocenters. The lowest BCUT2D eigenvalue weighted by molar-refractivity contribution is -0.234. The molecular formula is C17H24O9. The number of carbonyl (C=O) groups excluding carboxylic acids is 2. The zero-order valence-electron chi connectivity index (χ0n) is 14.6. The molecule has 146 valence electrons. The van der Waals surface area contributed by atoms with Crippen molar-refractivity contribution in [1.82, 2.24) is 0 Å². The second-order valence-corrected chi connectivity index (χ2v) is 7.07. The fraction of sp³-hybridized carbons (Fsp3) is 0.824. The first-order chi connectivity index (χ1) is 12.3. The van der Waals surface area contributed by atoms with Gasteiger partial charge < -0.3 is 29.2 Å². The summed E-state index contributed by atoms with van der Waals surface area (Å²) in [5, 5.41) is 19.6. The highest BCUT2D eigenvalue weighted by molar-refractivity contribution is 5.79. The van der Waals surface area contributed by atoms with E-state index < -0.39 is 47.4 Å². The van der Waals surface area contributed by atoms with Crippen LogP contribution in [0.2, 0.25) is 0 Å². The number of cyclic esters (lactones) is 1. The topological polar surface area (TPSA) is 129 Å². The van der Waals surface area contributed by atoms with Gasteiger partial charge in [0, 0.05) is 6.42 Å². The van der Waals surface area contributed by atoms with Crippen LogP contribution < -0.4 is 0 Å². The van der Waals surface area contributed by atoms with E-state index in [1.165, 1.54) is 0 Å². The highest BCUT2D eigenvalue weighted by atomic mass is 16.7. The molecule has 0 radical (unpaired) electrons. The standard InChI is InChI=1S/C17H24O9/c1-2-3-4-7-17(22)13-15(21)23-9-16(13)14(26-17)10(8-24-16)25-12(20)6-5-11(18)19/h10,13-14,22H,2-9H2,1H3,(H,18,19)/t10-,13+,14+,16+,17-/m1/s1. The fourth-order valence-electron chi connectivity index (χ4n) is 4.04. The van der Waals surface area contributed by atoms with Gasteiger partial charge in [-0.25, -0.2) is 0 Å². The summed E-state index contributed by atoms with van der Waals surface area (Å²) in [7, 11) is 0. The first-order valence-corrected chi connectivity index (χ1v) is 8.94. The Morgan fingerprint density at radius 1 is 1.31 bits per heavy atom. The summed E-state index contributed by atoms with van der Waals surface area (Å²) in [4.78, 5) is 34.7. The van der Waals surface area contributed by atoms with Gasteiger partial charge in [0.1, 0.15) is 18.6 Å². The van der Waals surface area contributed by atoms with E-state index >= 15 is 0 Å². The van der Waals surface area contributed by atoms with Gasteiger partial charge in [0.2, 0.25) is 0 Å². The normalized spacial score (nSPS) is 37.9. The van der Waals surface area contributed by atoms with E-state index in [0.717, 1.165) is 12.8 Å². The molecule has 26 heavy (non-hydrogen) atoms. The van der Waals surface area contributed by atoms with Crippen LogP contribution in [0.15, 0.2) is 0 Å². The van der Waals surface area contributed by atoms with Crippen molar-refractivity contribution in [2.75, 3.05) is 13.2 Å². The Morgan fingerprint density at radius 3 is 2.77 bits per heavy atom. The van der Waals surface area contributed by atoms with E-state index in [-0.39, 0.29) is 32.5 Å². The Morgan fingerprint density at radius 2 is 2.08 bits per heavy atom. The molecular weight excluding hydrogens is 348 g/mol. The summed E-state index contributed by atoms with van der Waals surface area (Å²) in [6.45, 7) is 1.96. The summed E-state index contributed by atoms with van der Waals surface area (Å²) in [5.74, 6) is -5.08. The molecule has 0 bridgehead atoms. The van der Waals surface area contributed by atoms with Crippen molar-refractivity contribution < 1.29 is 43.5 Å². The van der Waals surface area contributed by atoms with Crippen LogP contribution in [0.4, 0.5) is 0 Å². The molecule has 0 amide bonds. The minimum Gasteiger partial charge on any atom is -0.481 e. The van der Waals surface area contributed by atoms with Crippen molar-refractivity contribution >= 4 is 17.9 Å². The van der Waals surface area contributed by atoms with Gasteiger partial charge in [0.25, 0.3) is 0 Å². The largest absolute Gasteiger partial charge is 0.481 e. The lowest BCUT2D eigenvalue weighted by Gasteiger charge is -2.28. The third-order valence-electron chi connectivity index (χ3n) is 5.25. The number of aliphatic carboxylic acids is 1. The van der Waals surface area contributed by atoms with E-state index in [2.05, 4.69) is 0 Å². The van der Waals surface area contributed by atoms with Gasteiger partial charge in [0.05, 0.1) is 19.4 Å². The number of carboxylic acid groups (broad SMARTS) is 1. The Hall–Kier alpha value is -1.71. The zero-order valence-corrected chi connectivity index (χ0v) is 14.6. The highest BCUT2D eigenvalue weighted by Crippen LogP contribution is 2.54. The molecule has 0 saturated carbocycles. The van der Waals surface area contributed by atoms with Gasteiger partial charge in [-0.1, -0.05) is 19.8 Å². The predicted molar refractivity (Wildman–Crippen MR) is 83.8 cm³/mol. The Bertz CT molecular complexity index is 591. The molecule has 9 heteroatoms. The molecule has 3 fully saturated rings. The molecule has 0 aromatic carbocycles. The number of hydrogen-bond donors (Lipinski definition) is 2. The van der Waals surface area contributed by atoms with E-state index in [0.29, 0.717) is 6.42 Å². The lowest BCUT2D eigenvalue weighted by Crippen LogP contribution is -2.47. The average molecular weight is 372 g/mol. The van der Waals surface area contributed by atoms with Crippen molar-refractivity contribution in [1.29, 1.82) is 0 Å². The number of carbonyl (C=O) groups is 3. The van der Waals surface area contributed by atoms with Gasteiger partial charge in [-0.2, -0.15) is 0 Å². The number of unbranched alkanes of at least 4 members (excludes halogenated alkanes) is 2. The SMILES string of the molecule is CCCCC[C@@]1(O)O[C@H]2[C@H](OC(=O)CCC(=O)O)CO[C@]23COC(=O)[C@@H]31. The molecule has 2 N–H and O–H groups in total. The summed E-state index contributed by atoms with van der Waals surface area (Å²) in [5.41, 5.74) is -1.17. The van der Waals surface area contributed by atoms with E-state index in [9.17, 15) is 19.5 Å². The van der Waals surface area contributed by atoms with Crippen LogP contribution in [0, 0.1) is 5.92 Å². The quantitative estimate of drug-likeness (QED) is 0.459. The molecule has 0 aliphatic carbocycles. The summed E-state index contributed by atoms with van der Waals surface area (Å²) in [6.07, 6.45) is 0.469. The smallest absolute Gasteiger partial charge is 0.317 e. The average Bonchev–Trinajstić information content (AvgIpc) is 3.16. The second-order valence-electron chi connectivity index (χ2n) is 7.07. The van der Waals surface area contributed by atoms with Crippen LogP contribution in [-0.2, 0) is 33.3 Å². The maximum absolute atomic E-state index is 12.2. The zero-order chi connectivity index (χ0) is 18.9. The van der Waals surface area contributed by atoms with Gasteiger partial charge in [0.15, 0.2) is 17.5 Å². The summed E-state index contributed by atoms with van der Waals surface area (Å²) < 4.78 is 22.0. The van der Waals surface area contributed by atoms with Crippen LogP contribution in [0.25, 0.3) is 0 Å². The molecule has 3 heterocycles. The molecule has 5 atom stereocenters. The number of hydrogen-bond acceptors (Lipinski definition) is 8. The van der Waals surface area contributed by atoms with E-state index in [1.807, 2.05) is 6.92 Å². The van der Waals surface area contributed by atoms with Crippen LogP contribution in [0.1, 0.15) is 45.4 Å². The minimum absolute atomic E-state index is 0.00164. The number of esters is 2. The highest BCUT2D eigenvalue weighted by Gasteiger charge is 2.75. The Balaban J connectivity index is 1.72. The summed E-state index contributed by atoms with van der Waals surface area (Å²) >= 11 is 0. The predicted octanol–water partition coefficient (Wildman–Crippen LogP) is 0.373. The van der Waals surface area contributed by atoms with Crippen molar-refractivity contribution in [3.05, 3.63) is 0 Å². The lowest BCUT2D eigenvalue weighted by atomic mass is 9.81. The van der Waals surface area contributed by atoms with Gasteiger partial charge in [-0.05, 0) is 6.42 Å².